The summed E-state index contributed by atoms with van der Waals surface area (Å²) in [5, 5.41) is 2.33. The van der Waals surface area contributed by atoms with Crippen LogP contribution in [0.1, 0.15) is 0 Å². The molecule has 6 heteroatoms. The minimum atomic E-state index is 0. The maximum atomic E-state index is 4.84. The van der Waals surface area contributed by atoms with Crippen LogP contribution in [0.25, 0.3) is 61.2 Å². The topological polar surface area (TPSA) is 27.7 Å². The smallest absolute Gasteiger partial charge is 0.168 e. The van der Waals surface area contributed by atoms with Gasteiger partial charge in [-0.25, -0.2) is 9.55 Å². The van der Waals surface area contributed by atoms with E-state index in [1.165, 1.54) is 5.39 Å². The van der Waals surface area contributed by atoms with Gasteiger partial charge < -0.3 is 4.57 Å². The fourth-order valence-corrected chi connectivity index (χ4v) is 7.20. The van der Waals surface area contributed by atoms with Gasteiger partial charge >= 0.3 is 0 Å². The summed E-state index contributed by atoms with van der Waals surface area (Å²) in [7, 11) is 0. The molecule has 9 aromatic rings. The zero-order chi connectivity index (χ0) is 31.2. The molecule has 3 aromatic heterocycles. The van der Waals surface area contributed by atoms with Gasteiger partial charge in [0.05, 0.1) is 0 Å². The molecule has 9 rings (SSSR count). The molecule has 0 unspecified atom stereocenters. The molecule has 0 bridgehead atoms. The van der Waals surface area contributed by atoms with Crippen LogP contribution in [0.15, 0.2) is 174 Å². The SMILES string of the molecule is [Pt].[c-]1c(Sc2[c-]c3c(cc2)c2ccccc2n3-c2cc(-c3ccccc3)ccn2)cccc1-n1[cH+]n(-c2ccccc2)c2ccccc21. The first-order valence-corrected chi connectivity index (χ1v) is 16.4. The molecule has 0 atom stereocenters. The van der Waals surface area contributed by atoms with Crippen LogP contribution >= 0.6 is 11.8 Å². The van der Waals surface area contributed by atoms with Crippen molar-refractivity contribution in [3.8, 4) is 28.3 Å². The van der Waals surface area contributed by atoms with E-state index in [4.69, 9.17) is 4.98 Å². The number of nitrogens with zero attached hydrogens (tertiary/aromatic N) is 4. The number of fused-ring (bicyclic) bond motifs is 4. The molecule has 0 aliphatic heterocycles. The van der Waals surface area contributed by atoms with Crippen LogP contribution < -0.4 is 0 Å². The third kappa shape index (κ3) is 5.35. The van der Waals surface area contributed by atoms with E-state index in [1.54, 1.807) is 11.8 Å². The Bertz CT molecular complexity index is 2560. The van der Waals surface area contributed by atoms with Crippen LogP contribution in [0.2, 0.25) is 0 Å². The quantitative estimate of drug-likeness (QED) is 0.156. The molecule has 0 amide bonds. The summed E-state index contributed by atoms with van der Waals surface area (Å²) in [6.45, 7) is 0. The van der Waals surface area contributed by atoms with Crippen molar-refractivity contribution in [2.45, 2.75) is 9.79 Å². The summed E-state index contributed by atoms with van der Waals surface area (Å²) in [5.41, 5.74) is 8.78. The second-order valence-corrected chi connectivity index (χ2v) is 12.5. The van der Waals surface area contributed by atoms with E-state index in [0.29, 0.717) is 0 Å². The zero-order valence-electron chi connectivity index (χ0n) is 25.6. The average Bonchev–Trinajstić information content (AvgIpc) is 3.69. The molecular formula is C42H27N4PtS-. The monoisotopic (exact) mass is 814 g/mol. The number of para-hydroxylation sites is 4. The van der Waals surface area contributed by atoms with Gasteiger partial charge in [-0.2, -0.15) is 28.8 Å². The Morgan fingerprint density at radius 3 is 2.04 bits per heavy atom. The molecule has 232 valence electrons. The molecule has 0 spiro atoms. The predicted molar refractivity (Wildman–Crippen MR) is 193 cm³/mol. The standard InChI is InChI=1S/C42H27N4S.Pt/c1-3-12-30(13-4-1)31-24-25-43-42(26-31)46-38-19-8-7-18-36(38)37-23-22-35(28-41(37)46)47-34-17-11-16-33(27-34)45-29-44(32-14-5-2-6-15-32)39-20-9-10-21-40(39)45;/h1-26,29H;/q-1;. The maximum absolute atomic E-state index is 4.84. The minimum absolute atomic E-state index is 0. The summed E-state index contributed by atoms with van der Waals surface area (Å²) < 4.78 is 6.67. The molecule has 6 aromatic carbocycles. The predicted octanol–water partition coefficient (Wildman–Crippen LogP) is 10.6. The Morgan fingerprint density at radius 2 is 1.23 bits per heavy atom. The fraction of sp³-hybridized carbons (Fsp3) is 0. The summed E-state index contributed by atoms with van der Waals surface area (Å²) in [5.74, 6) is 0.871. The Kier molecular flexibility index (Phi) is 8.01. The van der Waals surface area contributed by atoms with E-state index in [9.17, 15) is 0 Å². The third-order valence-electron chi connectivity index (χ3n) is 8.54. The van der Waals surface area contributed by atoms with Crippen LogP contribution in [-0.2, 0) is 21.1 Å². The van der Waals surface area contributed by atoms with E-state index < -0.39 is 0 Å². The Morgan fingerprint density at radius 1 is 0.542 bits per heavy atom. The van der Waals surface area contributed by atoms with E-state index in [-0.39, 0.29) is 21.1 Å². The largest absolute Gasteiger partial charge is 0.319 e. The number of hydrogen-bond donors (Lipinski definition) is 0. The van der Waals surface area contributed by atoms with Crippen molar-refractivity contribution < 1.29 is 21.1 Å². The van der Waals surface area contributed by atoms with Crippen LogP contribution in [0.4, 0.5) is 0 Å². The minimum Gasteiger partial charge on any atom is -0.319 e. The van der Waals surface area contributed by atoms with Crippen molar-refractivity contribution in [3.05, 3.63) is 176 Å². The Hall–Kier alpha value is -5.22. The van der Waals surface area contributed by atoms with Gasteiger partial charge in [-0.05, 0) is 46.8 Å². The number of imidazole rings is 1. The molecule has 3 heterocycles. The van der Waals surface area contributed by atoms with Crippen LogP contribution in [0, 0.1) is 12.1 Å². The normalized spacial score (nSPS) is 11.2. The fourth-order valence-electron chi connectivity index (χ4n) is 6.38. The molecule has 0 aliphatic rings. The van der Waals surface area contributed by atoms with Crippen LogP contribution in [0.3, 0.4) is 0 Å². The summed E-state index contributed by atoms with van der Waals surface area (Å²) in [6.07, 6.45) is 4.04. The number of benzene rings is 6. The van der Waals surface area contributed by atoms with Crippen LogP contribution in [-0.4, -0.2) is 18.7 Å². The maximum Gasteiger partial charge on any atom is 0.168 e. The van der Waals surface area contributed by atoms with Crippen molar-refractivity contribution in [1.82, 2.24) is 18.7 Å². The van der Waals surface area contributed by atoms with Gasteiger partial charge in [0, 0.05) is 50.6 Å². The Labute approximate surface area is 297 Å². The number of rotatable bonds is 6. The molecule has 0 fully saturated rings. The Balaban J connectivity index is 0.00000336. The van der Waals surface area contributed by atoms with Crippen molar-refractivity contribution in [3.63, 3.8) is 0 Å². The third-order valence-corrected chi connectivity index (χ3v) is 9.45. The first-order chi connectivity index (χ1) is 23.3. The number of hydrogen-bond acceptors (Lipinski definition) is 2. The van der Waals surface area contributed by atoms with Gasteiger partial charge in [0.15, 0.2) is 17.4 Å². The second kappa shape index (κ2) is 12.8. The zero-order valence-corrected chi connectivity index (χ0v) is 28.7. The van der Waals surface area contributed by atoms with Gasteiger partial charge in [-0.15, -0.1) is 40.2 Å². The average molecular weight is 815 g/mol. The summed E-state index contributed by atoms with van der Waals surface area (Å²) >= 11 is 1.67. The van der Waals surface area contributed by atoms with E-state index in [0.717, 1.165) is 65.6 Å². The van der Waals surface area contributed by atoms with Gasteiger partial charge in [0.25, 0.3) is 0 Å². The second-order valence-electron chi connectivity index (χ2n) is 11.4. The van der Waals surface area contributed by atoms with Crippen molar-refractivity contribution in [1.29, 1.82) is 0 Å². The van der Waals surface area contributed by atoms with E-state index in [1.807, 2.05) is 18.3 Å². The van der Waals surface area contributed by atoms with Crippen LogP contribution in [0.5, 0.6) is 0 Å². The molecule has 0 N–H and O–H groups in total. The molecule has 4 nitrogen and oxygen atoms in total. The number of aromatic nitrogens is 4. The first-order valence-electron chi connectivity index (χ1n) is 15.6. The molecule has 0 aliphatic carbocycles. The van der Waals surface area contributed by atoms with Gasteiger partial charge in [0.2, 0.25) is 0 Å². The van der Waals surface area contributed by atoms with Gasteiger partial charge in [-0.3, -0.25) is 0 Å². The van der Waals surface area contributed by atoms with E-state index in [2.05, 4.69) is 172 Å². The van der Waals surface area contributed by atoms with Crippen molar-refractivity contribution >= 4 is 44.6 Å². The summed E-state index contributed by atoms with van der Waals surface area (Å²) in [4.78, 5) is 6.88. The number of pyridine rings is 1. The molecular weight excluding hydrogens is 788 g/mol. The molecule has 0 saturated heterocycles. The van der Waals surface area contributed by atoms with Crippen molar-refractivity contribution in [2.75, 3.05) is 0 Å². The van der Waals surface area contributed by atoms with Gasteiger partial charge in [0.1, 0.15) is 11.5 Å². The molecule has 48 heavy (non-hydrogen) atoms. The summed E-state index contributed by atoms with van der Waals surface area (Å²) in [6, 6.07) is 60.3. The van der Waals surface area contributed by atoms with E-state index >= 15 is 0 Å². The first kappa shape index (κ1) is 30.1. The molecule has 0 radical (unpaired) electrons. The van der Waals surface area contributed by atoms with Crippen molar-refractivity contribution in [2.24, 2.45) is 0 Å². The van der Waals surface area contributed by atoms with Gasteiger partial charge in [-0.1, -0.05) is 89.3 Å². The molecule has 0 saturated carbocycles.